The molecule has 1 aromatic rings. The van der Waals surface area contributed by atoms with Gasteiger partial charge in [0, 0.05) is 44.8 Å². The largest absolute Gasteiger partial charge is 0.311 e. The molecular formula is C16H23N3. The van der Waals surface area contributed by atoms with Crippen LogP contribution in [0, 0.1) is 0 Å². The van der Waals surface area contributed by atoms with E-state index in [4.69, 9.17) is 0 Å². The first kappa shape index (κ1) is 11.9. The Labute approximate surface area is 115 Å². The molecule has 1 N–H and O–H groups in total. The number of hydrogen-bond acceptors (Lipinski definition) is 3. The molecule has 3 aliphatic heterocycles. The van der Waals surface area contributed by atoms with Crippen molar-refractivity contribution >= 4 is 0 Å². The summed E-state index contributed by atoms with van der Waals surface area (Å²) in [6, 6.07) is 10.4. The zero-order chi connectivity index (χ0) is 12.7. The summed E-state index contributed by atoms with van der Waals surface area (Å²) in [4.78, 5) is 5.41. The topological polar surface area (TPSA) is 18.5 Å². The van der Waals surface area contributed by atoms with Crippen LogP contribution in [0.15, 0.2) is 24.3 Å². The van der Waals surface area contributed by atoms with Gasteiger partial charge in [0.15, 0.2) is 0 Å². The van der Waals surface area contributed by atoms with Gasteiger partial charge in [0.2, 0.25) is 0 Å². The van der Waals surface area contributed by atoms with Gasteiger partial charge in [-0.05, 0) is 30.5 Å². The minimum atomic E-state index is 0.590. The molecule has 2 atom stereocenters. The minimum Gasteiger partial charge on any atom is -0.311 e. The van der Waals surface area contributed by atoms with E-state index in [1.807, 2.05) is 0 Å². The standard InChI is InChI=1S/C16H23N3/c1-2-6-15-13(4-1)10-17-11-16(15)19-9-8-18-7-3-5-14(18)12-19/h1-2,4,6,14,16-17H,3,5,7-12H2. The smallest absolute Gasteiger partial charge is 0.0477 e. The Bertz CT molecular complexity index is 459. The van der Waals surface area contributed by atoms with Crippen LogP contribution in [0.5, 0.6) is 0 Å². The molecule has 0 radical (unpaired) electrons. The summed E-state index contributed by atoms with van der Waals surface area (Å²) in [5, 5.41) is 3.59. The average molecular weight is 257 g/mol. The van der Waals surface area contributed by atoms with E-state index < -0.39 is 0 Å². The summed E-state index contributed by atoms with van der Waals surface area (Å²) in [6.07, 6.45) is 2.80. The molecule has 0 aromatic heterocycles. The molecular weight excluding hydrogens is 234 g/mol. The van der Waals surface area contributed by atoms with Gasteiger partial charge in [0.1, 0.15) is 0 Å². The minimum absolute atomic E-state index is 0.590. The number of hydrogen-bond donors (Lipinski definition) is 1. The van der Waals surface area contributed by atoms with Crippen LogP contribution in [0.3, 0.4) is 0 Å². The quantitative estimate of drug-likeness (QED) is 0.824. The van der Waals surface area contributed by atoms with Crippen LogP contribution >= 0.6 is 0 Å². The fourth-order valence-corrected chi connectivity index (χ4v) is 4.10. The van der Waals surface area contributed by atoms with Gasteiger partial charge in [0.25, 0.3) is 0 Å². The highest BCUT2D eigenvalue weighted by molar-refractivity contribution is 5.32. The summed E-state index contributed by atoms with van der Waals surface area (Å²) < 4.78 is 0. The summed E-state index contributed by atoms with van der Waals surface area (Å²) in [6.45, 7) is 7.25. The zero-order valence-electron chi connectivity index (χ0n) is 11.5. The Kier molecular flexibility index (Phi) is 3.06. The van der Waals surface area contributed by atoms with E-state index >= 15 is 0 Å². The average Bonchev–Trinajstić information content (AvgIpc) is 2.94. The van der Waals surface area contributed by atoms with Crippen molar-refractivity contribution < 1.29 is 0 Å². The highest BCUT2D eigenvalue weighted by atomic mass is 15.3. The SMILES string of the molecule is c1ccc2c(c1)CNCC2N1CCN2CCCC2C1. The van der Waals surface area contributed by atoms with Crippen molar-refractivity contribution in [1.29, 1.82) is 0 Å². The molecule has 2 saturated heterocycles. The molecule has 1 aromatic carbocycles. The van der Waals surface area contributed by atoms with Crippen LogP contribution in [0.25, 0.3) is 0 Å². The van der Waals surface area contributed by atoms with Crippen molar-refractivity contribution in [2.45, 2.75) is 31.5 Å². The first-order valence-corrected chi connectivity index (χ1v) is 7.68. The Hall–Kier alpha value is -0.900. The maximum absolute atomic E-state index is 3.59. The van der Waals surface area contributed by atoms with E-state index in [2.05, 4.69) is 39.4 Å². The molecule has 0 amide bonds. The third kappa shape index (κ3) is 2.10. The van der Waals surface area contributed by atoms with Crippen LogP contribution in [0.4, 0.5) is 0 Å². The Morgan fingerprint density at radius 2 is 1.95 bits per heavy atom. The Morgan fingerprint density at radius 3 is 2.95 bits per heavy atom. The Balaban J connectivity index is 1.57. The molecule has 0 bridgehead atoms. The van der Waals surface area contributed by atoms with Crippen molar-refractivity contribution in [3.05, 3.63) is 35.4 Å². The van der Waals surface area contributed by atoms with Crippen molar-refractivity contribution in [1.82, 2.24) is 15.1 Å². The number of rotatable bonds is 1. The monoisotopic (exact) mass is 257 g/mol. The van der Waals surface area contributed by atoms with E-state index in [1.54, 1.807) is 5.56 Å². The van der Waals surface area contributed by atoms with Crippen molar-refractivity contribution in [2.75, 3.05) is 32.7 Å². The molecule has 3 nitrogen and oxygen atoms in total. The van der Waals surface area contributed by atoms with Gasteiger partial charge in [0.05, 0.1) is 0 Å². The third-order valence-electron chi connectivity index (χ3n) is 5.13. The maximum Gasteiger partial charge on any atom is 0.0477 e. The van der Waals surface area contributed by atoms with Gasteiger partial charge in [-0.25, -0.2) is 0 Å². The van der Waals surface area contributed by atoms with Crippen LogP contribution in [-0.2, 0) is 6.54 Å². The lowest BCUT2D eigenvalue weighted by atomic mass is 9.94. The van der Waals surface area contributed by atoms with E-state index in [1.165, 1.54) is 44.6 Å². The van der Waals surface area contributed by atoms with Crippen LogP contribution in [0.2, 0.25) is 0 Å². The summed E-state index contributed by atoms with van der Waals surface area (Å²) >= 11 is 0. The zero-order valence-corrected chi connectivity index (χ0v) is 11.5. The normalized spacial score (nSPS) is 32.0. The van der Waals surface area contributed by atoms with Gasteiger partial charge < -0.3 is 5.32 Å². The van der Waals surface area contributed by atoms with Crippen LogP contribution in [-0.4, -0.2) is 48.6 Å². The molecule has 2 fully saturated rings. The second kappa shape index (κ2) is 4.89. The lowest BCUT2D eigenvalue weighted by molar-refractivity contribution is 0.0680. The van der Waals surface area contributed by atoms with Crippen molar-refractivity contribution in [2.24, 2.45) is 0 Å². The number of nitrogens with one attached hydrogen (secondary N) is 1. The van der Waals surface area contributed by atoms with E-state index in [9.17, 15) is 0 Å². The van der Waals surface area contributed by atoms with Crippen molar-refractivity contribution in [3.63, 3.8) is 0 Å². The summed E-state index contributed by atoms with van der Waals surface area (Å²) in [7, 11) is 0. The molecule has 3 heterocycles. The van der Waals surface area contributed by atoms with Gasteiger partial charge in [-0.3, -0.25) is 9.80 Å². The number of benzene rings is 1. The van der Waals surface area contributed by atoms with E-state index in [0.29, 0.717) is 6.04 Å². The first-order chi connectivity index (χ1) is 9.42. The molecule has 4 rings (SSSR count). The lowest BCUT2D eigenvalue weighted by Crippen LogP contribution is -2.53. The molecule has 19 heavy (non-hydrogen) atoms. The third-order valence-corrected chi connectivity index (χ3v) is 5.13. The highest BCUT2D eigenvalue weighted by Crippen LogP contribution is 2.31. The fourth-order valence-electron chi connectivity index (χ4n) is 4.10. The highest BCUT2D eigenvalue weighted by Gasteiger charge is 2.35. The van der Waals surface area contributed by atoms with Crippen LogP contribution < -0.4 is 5.32 Å². The molecule has 2 unspecified atom stereocenters. The maximum atomic E-state index is 3.59. The predicted molar refractivity (Wildman–Crippen MR) is 77.1 cm³/mol. The van der Waals surface area contributed by atoms with Crippen LogP contribution in [0.1, 0.15) is 30.0 Å². The summed E-state index contributed by atoms with van der Waals surface area (Å²) in [5.41, 5.74) is 3.06. The molecule has 0 spiro atoms. The number of piperazine rings is 1. The number of fused-ring (bicyclic) bond motifs is 2. The van der Waals surface area contributed by atoms with Crippen molar-refractivity contribution in [3.8, 4) is 0 Å². The predicted octanol–water partition coefficient (Wildman–Crippen LogP) is 1.61. The van der Waals surface area contributed by atoms with Gasteiger partial charge >= 0.3 is 0 Å². The van der Waals surface area contributed by atoms with E-state index in [0.717, 1.165) is 19.1 Å². The van der Waals surface area contributed by atoms with Gasteiger partial charge in [-0.2, -0.15) is 0 Å². The fraction of sp³-hybridized carbons (Fsp3) is 0.625. The first-order valence-electron chi connectivity index (χ1n) is 7.68. The van der Waals surface area contributed by atoms with Gasteiger partial charge in [-0.15, -0.1) is 0 Å². The molecule has 3 aliphatic rings. The molecule has 3 heteroatoms. The van der Waals surface area contributed by atoms with Gasteiger partial charge in [-0.1, -0.05) is 24.3 Å². The molecule has 102 valence electrons. The molecule has 0 aliphatic carbocycles. The van der Waals surface area contributed by atoms with E-state index in [-0.39, 0.29) is 0 Å². The second-order valence-corrected chi connectivity index (χ2v) is 6.17. The second-order valence-electron chi connectivity index (χ2n) is 6.17. The Morgan fingerprint density at radius 1 is 1.05 bits per heavy atom. The molecule has 0 saturated carbocycles. The summed E-state index contributed by atoms with van der Waals surface area (Å²) in [5.74, 6) is 0. The number of nitrogens with zero attached hydrogens (tertiary/aromatic N) is 2. The lowest BCUT2D eigenvalue weighted by Gasteiger charge is -2.43.